The molecular weight excluding hydrogens is 152 g/mol. The minimum atomic E-state index is -0.668. The third-order valence-electron chi connectivity index (χ3n) is 1.92. The minimum Gasteiger partial charge on any atom is -0.382 e. The first-order valence-electron chi connectivity index (χ1n) is 4.44. The van der Waals surface area contributed by atoms with Gasteiger partial charge in [-0.3, -0.25) is 0 Å². The Labute approximate surface area is 72.1 Å². The Bertz CT molecular complexity index is 104. The van der Waals surface area contributed by atoms with Gasteiger partial charge in [-0.25, -0.2) is 0 Å². The van der Waals surface area contributed by atoms with Gasteiger partial charge in [0.2, 0.25) is 0 Å². The van der Waals surface area contributed by atoms with E-state index >= 15 is 0 Å². The van der Waals surface area contributed by atoms with Gasteiger partial charge in [-0.15, -0.1) is 6.58 Å². The Kier molecular flexibility index (Phi) is 6.57. The first-order chi connectivity index (χ1) is 5.22. The summed E-state index contributed by atoms with van der Waals surface area (Å²) in [6, 6.07) is 1.19. The van der Waals surface area contributed by atoms with E-state index in [2.05, 4.69) is 27.0 Å². The predicted octanol–water partition coefficient (Wildman–Crippen LogP) is 2.38. The van der Waals surface area contributed by atoms with Crippen molar-refractivity contribution < 1.29 is 4.74 Å². The molecule has 0 amide bonds. The molecule has 0 spiro atoms. The first kappa shape index (κ1) is 10.9. The highest BCUT2D eigenvalue weighted by molar-refractivity contribution is 6.59. The van der Waals surface area contributed by atoms with Crippen LogP contribution in [0.5, 0.6) is 0 Å². The molecule has 66 valence electrons. The van der Waals surface area contributed by atoms with Crippen molar-refractivity contribution >= 4 is 8.80 Å². The fraction of sp³-hybridized carbons (Fsp3) is 0.778. The van der Waals surface area contributed by atoms with Crippen LogP contribution >= 0.6 is 0 Å². The van der Waals surface area contributed by atoms with E-state index in [-0.39, 0.29) is 0 Å². The molecule has 0 radical (unpaired) electrons. The molecule has 0 aromatic rings. The lowest BCUT2D eigenvalue weighted by atomic mass is 10.5. The molecule has 0 heterocycles. The van der Waals surface area contributed by atoms with E-state index in [4.69, 9.17) is 4.74 Å². The number of allylic oxidation sites excluding steroid dienone is 1. The van der Waals surface area contributed by atoms with Crippen molar-refractivity contribution in [2.75, 3.05) is 6.61 Å². The van der Waals surface area contributed by atoms with Crippen molar-refractivity contribution in [3.05, 3.63) is 12.7 Å². The van der Waals surface area contributed by atoms with Gasteiger partial charge in [0.15, 0.2) is 0 Å². The maximum absolute atomic E-state index is 5.62. The summed E-state index contributed by atoms with van der Waals surface area (Å²) in [7, 11) is -0.668. The molecule has 0 saturated heterocycles. The van der Waals surface area contributed by atoms with E-state index < -0.39 is 8.80 Å². The van der Waals surface area contributed by atoms with E-state index in [1.807, 2.05) is 6.08 Å². The fourth-order valence-corrected chi connectivity index (χ4v) is 2.30. The Morgan fingerprint density at radius 2 is 2.27 bits per heavy atom. The number of ether oxygens (including phenoxy) is 1. The molecule has 0 saturated carbocycles. The Morgan fingerprint density at radius 1 is 1.64 bits per heavy atom. The summed E-state index contributed by atoms with van der Waals surface area (Å²) in [6.45, 7) is 11.3. The van der Waals surface area contributed by atoms with Crippen LogP contribution in [-0.2, 0) is 4.74 Å². The zero-order valence-electron chi connectivity index (χ0n) is 7.97. The molecule has 0 N–H and O–H groups in total. The molecule has 1 nitrogen and oxygen atoms in total. The third-order valence-corrected chi connectivity index (χ3v) is 4.80. The second-order valence-electron chi connectivity index (χ2n) is 3.08. The van der Waals surface area contributed by atoms with Crippen molar-refractivity contribution in [2.45, 2.75) is 38.6 Å². The average Bonchev–Trinajstić information content (AvgIpc) is 2.00. The zero-order chi connectivity index (χ0) is 8.69. The normalized spacial score (nSPS) is 15.9. The summed E-state index contributed by atoms with van der Waals surface area (Å²) in [4.78, 5) is 0. The maximum atomic E-state index is 5.62. The summed E-state index contributed by atoms with van der Waals surface area (Å²) in [6.07, 6.45) is 3.14. The molecule has 0 aliphatic carbocycles. The van der Waals surface area contributed by atoms with E-state index in [1.54, 1.807) is 0 Å². The van der Waals surface area contributed by atoms with Crippen molar-refractivity contribution in [2.24, 2.45) is 0 Å². The van der Waals surface area contributed by atoms with Gasteiger partial charge in [-0.2, -0.15) is 0 Å². The van der Waals surface area contributed by atoms with Gasteiger partial charge in [-0.1, -0.05) is 19.5 Å². The third kappa shape index (κ3) is 5.22. The molecule has 0 bridgehead atoms. The van der Waals surface area contributed by atoms with Gasteiger partial charge in [0.25, 0.3) is 0 Å². The standard InChI is InChI=1S/C9H20OSi/c1-5-7-10-9(3)11(4)8-6-2/h6,9,11H,2,5,7-8H2,1,3-4H3. The SMILES string of the molecule is C=CC[SiH](C)C(C)OCCC. The summed E-state index contributed by atoms with van der Waals surface area (Å²) in [5, 5.41) is 0. The van der Waals surface area contributed by atoms with Crippen LogP contribution in [0.1, 0.15) is 20.3 Å². The number of rotatable bonds is 6. The Morgan fingerprint density at radius 3 is 2.73 bits per heavy atom. The topological polar surface area (TPSA) is 9.23 Å². The molecule has 11 heavy (non-hydrogen) atoms. The van der Waals surface area contributed by atoms with E-state index in [9.17, 15) is 0 Å². The van der Waals surface area contributed by atoms with Crippen LogP contribution in [0.2, 0.25) is 12.6 Å². The second kappa shape index (κ2) is 6.62. The van der Waals surface area contributed by atoms with Crippen LogP contribution in [0.25, 0.3) is 0 Å². The predicted molar refractivity (Wildman–Crippen MR) is 53.7 cm³/mol. The molecule has 2 atom stereocenters. The van der Waals surface area contributed by atoms with Crippen LogP contribution < -0.4 is 0 Å². The summed E-state index contributed by atoms with van der Waals surface area (Å²) >= 11 is 0. The van der Waals surface area contributed by atoms with Crippen molar-refractivity contribution in [1.29, 1.82) is 0 Å². The van der Waals surface area contributed by atoms with E-state index in [0.29, 0.717) is 5.73 Å². The highest BCUT2D eigenvalue weighted by atomic mass is 28.3. The van der Waals surface area contributed by atoms with E-state index in [0.717, 1.165) is 13.0 Å². The zero-order valence-corrected chi connectivity index (χ0v) is 9.12. The molecule has 2 unspecified atom stereocenters. The van der Waals surface area contributed by atoms with E-state index in [1.165, 1.54) is 6.04 Å². The maximum Gasteiger partial charge on any atom is 0.0719 e. The Balaban J connectivity index is 3.45. The fourth-order valence-electron chi connectivity index (χ4n) is 0.923. The van der Waals surface area contributed by atoms with Gasteiger partial charge in [0, 0.05) is 12.3 Å². The van der Waals surface area contributed by atoms with Gasteiger partial charge in [0.05, 0.1) is 8.80 Å². The van der Waals surface area contributed by atoms with Crippen molar-refractivity contribution in [3.63, 3.8) is 0 Å². The molecule has 0 aromatic heterocycles. The number of hydrogen-bond donors (Lipinski definition) is 0. The monoisotopic (exact) mass is 172 g/mol. The Hall–Kier alpha value is -0.0831. The molecule has 0 fully saturated rings. The van der Waals surface area contributed by atoms with Crippen LogP contribution in [0, 0.1) is 0 Å². The smallest absolute Gasteiger partial charge is 0.0719 e. The summed E-state index contributed by atoms with van der Waals surface area (Å²) < 4.78 is 5.62. The largest absolute Gasteiger partial charge is 0.382 e. The molecule has 0 rings (SSSR count). The van der Waals surface area contributed by atoms with Crippen LogP contribution in [-0.4, -0.2) is 21.1 Å². The molecule has 2 heteroatoms. The lowest BCUT2D eigenvalue weighted by Crippen LogP contribution is -2.27. The van der Waals surface area contributed by atoms with Gasteiger partial charge < -0.3 is 4.74 Å². The number of hydrogen-bond acceptors (Lipinski definition) is 1. The summed E-state index contributed by atoms with van der Waals surface area (Å²) in [5.74, 6) is 0. The van der Waals surface area contributed by atoms with Crippen molar-refractivity contribution in [3.8, 4) is 0 Å². The lowest BCUT2D eigenvalue weighted by Gasteiger charge is -2.17. The van der Waals surface area contributed by atoms with Gasteiger partial charge in [-0.05, 0) is 19.4 Å². The minimum absolute atomic E-state index is 0.507. The first-order valence-corrected chi connectivity index (χ1v) is 7.08. The van der Waals surface area contributed by atoms with Crippen LogP contribution in [0.3, 0.4) is 0 Å². The quantitative estimate of drug-likeness (QED) is 0.441. The molecule has 0 aliphatic heterocycles. The van der Waals surface area contributed by atoms with Gasteiger partial charge >= 0.3 is 0 Å². The van der Waals surface area contributed by atoms with Crippen molar-refractivity contribution in [1.82, 2.24) is 0 Å². The van der Waals surface area contributed by atoms with Crippen LogP contribution in [0.4, 0.5) is 0 Å². The summed E-state index contributed by atoms with van der Waals surface area (Å²) in [5.41, 5.74) is 0.507. The molecule has 0 aromatic carbocycles. The highest BCUT2D eigenvalue weighted by Gasteiger charge is 2.11. The van der Waals surface area contributed by atoms with Crippen LogP contribution in [0.15, 0.2) is 12.7 Å². The second-order valence-corrected chi connectivity index (χ2v) is 6.44. The molecule has 0 aliphatic rings. The average molecular weight is 172 g/mol. The highest BCUT2D eigenvalue weighted by Crippen LogP contribution is 2.03. The lowest BCUT2D eigenvalue weighted by molar-refractivity contribution is 0.114. The van der Waals surface area contributed by atoms with Gasteiger partial charge in [0.1, 0.15) is 0 Å². The molecular formula is C9H20OSi.